The fourth-order valence-corrected chi connectivity index (χ4v) is 3.62. The van der Waals surface area contributed by atoms with E-state index in [4.69, 9.17) is 0 Å². The second-order valence-electron chi connectivity index (χ2n) is 6.83. The summed E-state index contributed by atoms with van der Waals surface area (Å²) >= 11 is 0. The van der Waals surface area contributed by atoms with Gasteiger partial charge < -0.3 is 10.6 Å². The lowest BCUT2D eigenvalue weighted by molar-refractivity contribution is 0.0924. The van der Waals surface area contributed by atoms with E-state index in [1.807, 2.05) is 0 Å². The second kappa shape index (κ2) is 7.19. The van der Waals surface area contributed by atoms with Crippen LogP contribution in [0.2, 0.25) is 0 Å². The van der Waals surface area contributed by atoms with Crippen molar-refractivity contribution in [3.8, 4) is 0 Å². The Balaban J connectivity index is 1.49. The number of amides is 4. The Bertz CT molecular complexity index is 871. The van der Waals surface area contributed by atoms with Crippen LogP contribution in [0.15, 0.2) is 42.6 Å². The maximum Gasteiger partial charge on any atom is 0.319 e. The van der Waals surface area contributed by atoms with Crippen LogP contribution in [0.3, 0.4) is 0 Å². The van der Waals surface area contributed by atoms with Gasteiger partial charge in [0.05, 0.1) is 11.3 Å². The molecule has 4 amide bonds. The Hall–Kier alpha value is -3.22. The molecule has 4 rings (SSSR count). The van der Waals surface area contributed by atoms with Crippen LogP contribution >= 0.6 is 0 Å². The van der Waals surface area contributed by atoms with Crippen LogP contribution in [-0.2, 0) is 0 Å². The normalized spacial score (nSPS) is 17.0. The predicted molar refractivity (Wildman–Crippen MR) is 101 cm³/mol. The van der Waals surface area contributed by atoms with Gasteiger partial charge >= 0.3 is 6.03 Å². The van der Waals surface area contributed by atoms with Gasteiger partial charge in [-0.25, -0.2) is 9.69 Å². The van der Waals surface area contributed by atoms with E-state index in [0.29, 0.717) is 11.4 Å². The summed E-state index contributed by atoms with van der Waals surface area (Å²) in [5.41, 5.74) is 1.36. The summed E-state index contributed by atoms with van der Waals surface area (Å²) in [6.07, 6.45) is 6.96. The van der Waals surface area contributed by atoms with Gasteiger partial charge in [0.1, 0.15) is 5.69 Å². The monoisotopic (exact) mass is 364 g/mol. The van der Waals surface area contributed by atoms with Crippen LogP contribution in [0.5, 0.6) is 0 Å². The van der Waals surface area contributed by atoms with E-state index in [1.165, 1.54) is 12.6 Å². The van der Waals surface area contributed by atoms with E-state index in [1.54, 1.807) is 36.4 Å². The van der Waals surface area contributed by atoms with Crippen LogP contribution in [0.25, 0.3) is 0 Å². The molecule has 1 aliphatic heterocycles. The van der Waals surface area contributed by atoms with Crippen molar-refractivity contribution in [2.24, 2.45) is 0 Å². The van der Waals surface area contributed by atoms with Crippen LogP contribution in [0.4, 0.5) is 16.2 Å². The minimum absolute atomic E-state index is 0.149. The second-order valence-corrected chi connectivity index (χ2v) is 6.83. The molecule has 0 unspecified atom stereocenters. The lowest BCUT2D eigenvalue weighted by atomic mass is 9.96. The Morgan fingerprint density at radius 3 is 2.63 bits per heavy atom. The first kappa shape index (κ1) is 17.2. The third kappa shape index (κ3) is 3.40. The minimum atomic E-state index is -0.459. The van der Waals surface area contributed by atoms with Crippen LogP contribution < -0.4 is 15.5 Å². The highest BCUT2D eigenvalue weighted by atomic mass is 16.2. The summed E-state index contributed by atoms with van der Waals surface area (Å²) in [5, 5.41) is 5.77. The van der Waals surface area contributed by atoms with Gasteiger partial charge in [-0.1, -0.05) is 25.3 Å². The largest absolute Gasteiger partial charge is 0.335 e. The average molecular weight is 364 g/mol. The molecule has 2 aliphatic rings. The number of benzene rings is 1. The highest BCUT2D eigenvalue weighted by molar-refractivity contribution is 6.33. The van der Waals surface area contributed by atoms with E-state index in [9.17, 15) is 14.4 Å². The molecule has 7 nitrogen and oxygen atoms in total. The molecule has 0 bridgehead atoms. The number of pyridine rings is 1. The summed E-state index contributed by atoms with van der Waals surface area (Å²) in [4.78, 5) is 42.5. The van der Waals surface area contributed by atoms with E-state index < -0.39 is 11.8 Å². The number of urea groups is 1. The molecule has 0 saturated heterocycles. The Kier molecular flexibility index (Phi) is 4.58. The molecule has 27 heavy (non-hydrogen) atoms. The van der Waals surface area contributed by atoms with Gasteiger partial charge in [-0.3, -0.25) is 14.6 Å². The molecule has 1 saturated carbocycles. The molecule has 1 aliphatic carbocycles. The SMILES string of the molecule is O=C(Nc1cccc(N2C(=O)c3cccnc3C2=O)c1)NC1CCCCC1. The molecule has 0 radical (unpaired) electrons. The summed E-state index contributed by atoms with van der Waals surface area (Å²) in [5.74, 6) is -0.869. The maximum atomic E-state index is 12.6. The number of carbonyl (C=O) groups excluding carboxylic acids is 3. The number of imide groups is 1. The number of fused-ring (bicyclic) bond motifs is 1. The summed E-state index contributed by atoms with van der Waals surface area (Å²) < 4.78 is 0. The Labute approximate surface area is 156 Å². The zero-order valence-corrected chi connectivity index (χ0v) is 14.8. The smallest absolute Gasteiger partial charge is 0.319 e. The zero-order chi connectivity index (χ0) is 18.8. The Morgan fingerprint density at radius 1 is 1.04 bits per heavy atom. The average Bonchev–Trinajstić information content (AvgIpc) is 2.94. The van der Waals surface area contributed by atoms with E-state index in [2.05, 4.69) is 15.6 Å². The number of carbonyl (C=O) groups is 3. The van der Waals surface area contributed by atoms with Gasteiger partial charge in [0, 0.05) is 17.9 Å². The Morgan fingerprint density at radius 2 is 1.85 bits per heavy atom. The van der Waals surface area contributed by atoms with E-state index in [0.717, 1.165) is 30.6 Å². The van der Waals surface area contributed by atoms with Gasteiger partial charge in [0.2, 0.25) is 0 Å². The molecule has 1 aromatic heterocycles. The summed E-state index contributed by atoms with van der Waals surface area (Å²) in [6.45, 7) is 0. The van der Waals surface area contributed by atoms with Crippen molar-refractivity contribution < 1.29 is 14.4 Å². The van der Waals surface area contributed by atoms with Crippen molar-refractivity contribution in [2.75, 3.05) is 10.2 Å². The highest BCUT2D eigenvalue weighted by Gasteiger charge is 2.37. The summed E-state index contributed by atoms with van der Waals surface area (Å²) in [7, 11) is 0. The lowest BCUT2D eigenvalue weighted by Crippen LogP contribution is -2.39. The van der Waals surface area contributed by atoms with Crippen LogP contribution in [0, 0.1) is 0 Å². The van der Waals surface area contributed by atoms with Gasteiger partial charge in [-0.2, -0.15) is 0 Å². The molecule has 7 heteroatoms. The molecule has 2 N–H and O–H groups in total. The number of hydrogen-bond acceptors (Lipinski definition) is 4. The number of rotatable bonds is 3. The molecule has 1 fully saturated rings. The van der Waals surface area contributed by atoms with Gasteiger partial charge in [-0.15, -0.1) is 0 Å². The molecule has 1 aromatic carbocycles. The number of aromatic nitrogens is 1. The topological polar surface area (TPSA) is 91.4 Å². The highest BCUT2D eigenvalue weighted by Crippen LogP contribution is 2.28. The zero-order valence-electron chi connectivity index (χ0n) is 14.8. The first-order chi connectivity index (χ1) is 13.1. The van der Waals surface area contributed by atoms with E-state index in [-0.39, 0.29) is 23.3 Å². The summed E-state index contributed by atoms with van der Waals surface area (Å²) in [6, 6.07) is 9.83. The lowest BCUT2D eigenvalue weighted by Gasteiger charge is -2.23. The minimum Gasteiger partial charge on any atom is -0.335 e. The van der Waals surface area contributed by atoms with Crippen molar-refractivity contribution in [2.45, 2.75) is 38.1 Å². The standard InChI is InChI=1S/C20H20N4O3/c25-18-16-10-5-11-21-17(16)19(26)24(18)15-9-4-8-14(12-15)23-20(27)22-13-6-2-1-3-7-13/h4-5,8-13H,1-3,6-7H2,(H2,22,23,27). The van der Waals surface area contributed by atoms with Crippen LogP contribution in [0.1, 0.15) is 53.0 Å². The predicted octanol–water partition coefficient (Wildman–Crippen LogP) is 3.34. The molecule has 2 heterocycles. The third-order valence-electron chi connectivity index (χ3n) is 4.95. The molecule has 0 spiro atoms. The first-order valence-corrected chi connectivity index (χ1v) is 9.15. The first-order valence-electron chi connectivity index (χ1n) is 9.15. The molecule has 0 atom stereocenters. The van der Waals surface area contributed by atoms with Crippen molar-refractivity contribution in [1.29, 1.82) is 0 Å². The van der Waals surface area contributed by atoms with Gasteiger partial charge in [0.15, 0.2) is 0 Å². The van der Waals surface area contributed by atoms with E-state index >= 15 is 0 Å². The number of nitrogens with one attached hydrogen (secondary N) is 2. The fraction of sp³-hybridized carbons (Fsp3) is 0.300. The number of nitrogens with zero attached hydrogens (tertiary/aromatic N) is 2. The molecule has 138 valence electrons. The maximum absolute atomic E-state index is 12.6. The molecule has 2 aromatic rings. The number of hydrogen-bond donors (Lipinski definition) is 2. The van der Waals surface area contributed by atoms with Crippen LogP contribution in [-0.4, -0.2) is 28.9 Å². The van der Waals surface area contributed by atoms with Crippen molar-refractivity contribution in [1.82, 2.24) is 10.3 Å². The van der Waals surface area contributed by atoms with Gasteiger partial charge in [0.25, 0.3) is 11.8 Å². The molecular formula is C20H20N4O3. The number of anilines is 2. The quantitative estimate of drug-likeness (QED) is 0.817. The van der Waals surface area contributed by atoms with Gasteiger partial charge in [-0.05, 0) is 43.2 Å². The molecular weight excluding hydrogens is 344 g/mol. The van der Waals surface area contributed by atoms with Crippen molar-refractivity contribution in [3.05, 3.63) is 53.9 Å². The third-order valence-corrected chi connectivity index (χ3v) is 4.95. The fourth-order valence-electron chi connectivity index (χ4n) is 3.62. The van der Waals surface area contributed by atoms with Crippen molar-refractivity contribution >= 4 is 29.2 Å². The van der Waals surface area contributed by atoms with Crippen molar-refractivity contribution in [3.63, 3.8) is 0 Å².